The predicted molar refractivity (Wildman–Crippen MR) is 110 cm³/mol. The van der Waals surface area contributed by atoms with Crippen molar-refractivity contribution in [3.05, 3.63) is 95.5 Å². The van der Waals surface area contributed by atoms with Gasteiger partial charge in [0.05, 0.1) is 17.1 Å². The molecule has 1 unspecified atom stereocenters. The second-order valence-corrected chi connectivity index (χ2v) is 6.75. The number of carbonyl (C=O) groups excluding carboxylic acids is 1. The van der Waals surface area contributed by atoms with Gasteiger partial charge in [0.1, 0.15) is 5.69 Å². The van der Waals surface area contributed by atoms with Crippen LogP contribution in [0, 0.1) is 5.21 Å². The number of aromatic hydroxyl groups is 1. The molecule has 0 aliphatic heterocycles. The van der Waals surface area contributed by atoms with Crippen molar-refractivity contribution in [2.75, 3.05) is 0 Å². The van der Waals surface area contributed by atoms with Gasteiger partial charge in [-0.05, 0) is 18.6 Å². The maximum absolute atomic E-state index is 13.1. The molecular weight excluding hydrogens is 366 g/mol. The van der Waals surface area contributed by atoms with Gasteiger partial charge in [-0.3, -0.25) is 4.79 Å². The summed E-state index contributed by atoms with van der Waals surface area (Å²) in [6.07, 6.45) is 2.76. The minimum atomic E-state index is -0.412. The lowest BCUT2D eigenvalue weighted by Gasteiger charge is -2.17. The lowest BCUT2D eigenvalue weighted by Crippen LogP contribution is -2.29. The summed E-state index contributed by atoms with van der Waals surface area (Å²) in [7, 11) is 0. The van der Waals surface area contributed by atoms with E-state index in [1.54, 1.807) is 24.3 Å². The van der Waals surface area contributed by atoms with Gasteiger partial charge in [0.2, 0.25) is 0 Å². The molecule has 0 saturated heterocycles. The molecule has 0 aliphatic rings. The first-order chi connectivity index (χ1) is 14.0. The first kappa shape index (κ1) is 18.4. The zero-order valence-corrected chi connectivity index (χ0v) is 15.7. The minimum absolute atomic E-state index is 0.162. The molecule has 0 spiro atoms. The highest BCUT2D eigenvalue weighted by Gasteiger charge is 2.22. The summed E-state index contributed by atoms with van der Waals surface area (Å²) in [5.41, 5.74) is 2.66. The summed E-state index contributed by atoms with van der Waals surface area (Å²) < 4.78 is 0.687. The first-order valence-corrected chi connectivity index (χ1v) is 9.21. The molecule has 2 aromatic heterocycles. The summed E-state index contributed by atoms with van der Waals surface area (Å²) in [5, 5.41) is 25.7. The SMILES string of the molecule is CC(NC(=O)c1c(O)c(-c2ccccc2)nc2ccccc12)c1cc[n+]([O-])cc1. The Bertz CT molecular complexity index is 1180. The number of rotatable bonds is 4. The minimum Gasteiger partial charge on any atom is -0.619 e. The fraction of sp³-hybridized carbons (Fsp3) is 0.0870. The Morgan fingerprint density at radius 1 is 1.03 bits per heavy atom. The van der Waals surface area contributed by atoms with Crippen LogP contribution in [-0.2, 0) is 0 Å². The number of nitrogens with zero attached hydrogens (tertiary/aromatic N) is 2. The van der Waals surface area contributed by atoms with E-state index in [-0.39, 0.29) is 17.4 Å². The van der Waals surface area contributed by atoms with Crippen LogP contribution < -0.4 is 10.0 Å². The fourth-order valence-electron chi connectivity index (χ4n) is 3.29. The Balaban J connectivity index is 1.78. The zero-order valence-electron chi connectivity index (χ0n) is 15.7. The molecule has 2 N–H and O–H groups in total. The molecule has 0 radical (unpaired) electrons. The van der Waals surface area contributed by atoms with Crippen molar-refractivity contribution in [2.24, 2.45) is 0 Å². The average molecular weight is 385 g/mol. The third kappa shape index (κ3) is 3.60. The molecule has 4 aromatic rings. The average Bonchev–Trinajstić information content (AvgIpc) is 2.74. The molecular formula is C23H19N3O3. The molecule has 6 nitrogen and oxygen atoms in total. The van der Waals surface area contributed by atoms with Crippen molar-refractivity contribution >= 4 is 16.8 Å². The highest BCUT2D eigenvalue weighted by molar-refractivity contribution is 6.10. The summed E-state index contributed by atoms with van der Waals surface area (Å²) >= 11 is 0. The maximum atomic E-state index is 13.1. The van der Waals surface area contributed by atoms with Crippen molar-refractivity contribution in [1.29, 1.82) is 0 Å². The van der Waals surface area contributed by atoms with E-state index in [4.69, 9.17) is 0 Å². The third-order valence-corrected chi connectivity index (χ3v) is 4.82. The van der Waals surface area contributed by atoms with E-state index < -0.39 is 5.91 Å². The number of nitrogens with one attached hydrogen (secondary N) is 1. The third-order valence-electron chi connectivity index (χ3n) is 4.82. The monoisotopic (exact) mass is 385 g/mol. The molecule has 2 heterocycles. The van der Waals surface area contributed by atoms with Gasteiger partial charge in [0.15, 0.2) is 18.1 Å². The van der Waals surface area contributed by atoms with Crippen molar-refractivity contribution in [1.82, 2.24) is 10.3 Å². The highest BCUT2D eigenvalue weighted by Crippen LogP contribution is 2.35. The number of para-hydroxylation sites is 1. The van der Waals surface area contributed by atoms with E-state index in [2.05, 4.69) is 10.3 Å². The van der Waals surface area contributed by atoms with Crippen molar-refractivity contribution in [2.45, 2.75) is 13.0 Å². The van der Waals surface area contributed by atoms with Gasteiger partial charge in [0, 0.05) is 23.1 Å². The normalized spacial score (nSPS) is 11.9. The Morgan fingerprint density at radius 3 is 2.41 bits per heavy atom. The molecule has 0 bridgehead atoms. The molecule has 1 atom stereocenters. The number of hydrogen-bond donors (Lipinski definition) is 2. The Labute approximate surface area is 167 Å². The van der Waals surface area contributed by atoms with E-state index in [9.17, 15) is 15.1 Å². The smallest absolute Gasteiger partial charge is 0.256 e. The molecule has 2 aromatic carbocycles. The predicted octanol–water partition coefficient (Wildman–Crippen LogP) is 3.73. The van der Waals surface area contributed by atoms with Gasteiger partial charge in [-0.1, -0.05) is 48.5 Å². The van der Waals surface area contributed by atoms with Crippen molar-refractivity contribution in [3.8, 4) is 17.0 Å². The van der Waals surface area contributed by atoms with Crippen LogP contribution in [0.5, 0.6) is 5.75 Å². The van der Waals surface area contributed by atoms with Crippen LogP contribution in [0.15, 0.2) is 79.1 Å². The van der Waals surface area contributed by atoms with Crippen LogP contribution in [0.3, 0.4) is 0 Å². The summed E-state index contributed by atoms with van der Waals surface area (Å²) in [5.74, 6) is -0.574. The van der Waals surface area contributed by atoms with E-state index >= 15 is 0 Å². The van der Waals surface area contributed by atoms with Gasteiger partial charge in [0.25, 0.3) is 5.91 Å². The van der Waals surface area contributed by atoms with Gasteiger partial charge in [-0.15, -0.1) is 0 Å². The van der Waals surface area contributed by atoms with Crippen LogP contribution >= 0.6 is 0 Å². The van der Waals surface area contributed by atoms with Crippen LogP contribution in [0.4, 0.5) is 0 Å². The number of benzene rings is 2. The quantitative estimate of drug-likeness (QED) is 0.414. The summed E-state index contributed by atoms with van der Waals surface area (Å²) in [6.45, 7) is 1.82. The molecule has 0 aliphatic carbocycles. The van der Waals surface area contributed by atoms with Gasteiger partial charge in [-0.2, -0.15) is 4.73 Å². The van der Waals surface area contributed by atoms with Crippen molar-refractivity contribution in [3.63, 3.8) is 0 Å². The molecule has 144 valence electrons. The van der Waals surface area contributed by atoms with Gasteiger partial charge >= 0.3 is 0 Å². The van der Waals surface area contributed by atoms with E-state index in [1.165, 1.54) is 12.4 Å². The van der Waals surface area contributed by atoms with Crippen LogP contribution in [0.1, 0.15) is 28.9 Å². The van der Waals surface area contributed by atoms with E-state index in [0.717, 1.165) is 11.1 Å². The molecule has 29 heavy (non-hydrogen) atoms. The Kier molecular flexibility index (Phi) is 4.83. The summed E-state index contributed by atoms with van der Waals surface area (Å²) in [4.78, 5) is 17.7. The highest BCUT2D eigenvalue weighted by atomic mass is 16.5. The van der Waals surface area contributed by atoms with E-state index in [0.29, 0.717) is 21.3 Å². The second kappa shape index (κ2) is 7.59. The first-order valence-electron chi connectivity index (χ1n) is 9.21. The lowest BCUT2D eigenvalue weighted by molar-refractivity contribution is -0.605. The van der Waals surface area contributed by atoms with Gasteiger partial charge < -0.3 is 15.6 Å². The Hall–Kier alpha value is -3.93. The zero-order chi connectivity index (χ0) is 20.4. The fourth-order valence-corrected chi connectivity index (χ4v) is 3.29. The number of hydrogen-bond acceptors (Lipinski definition) is 4. The second-order valence-electron chi connectivity index (χ2n) is 6.75. The van der Waals surface area contributed by atoms with Crippen LogP contribution in [0.2, 0.25) is 0 Å². The van der Waals surface area contributed by atoms with Gasteiger partial charge in [-0.25, -0.2) is 4.98 Å². The van der Waals surface area contributed by atoms with E-state index in [1.807, 2.05) is 49.4 Å². The largest absolute Gasteiger partial charge is 0.619 e. The number of pyridine rings is 2. The van der Waals surface area contributed by atoms with Crippen LogP contribution in [0.25, 0.3) is 22.2 Å². The standard InChI is InChI=1S/C23H19N3O3/c1-15(16-11-13-26(29)14-12-16)24-23(28)20-18-9-5-6-10-19(18)25-21(22(20)27)17-7-3-2-4-8-17/h2-15,27H,1H3,(H,24,28). The molecule has 6 heteroatoms. The van der Waals surface area contributed by atoms with Crippen LogP contribution in [-0.4, -0.2) is 16.0 Å². The molecule has 4 rings (SSSR count). The number of carbonyl (C=O) groups is 1. The topological polar surface area (TPSA) is 89.2 Å². The maximum Gasteiger partial charge on any atom is 0.256 e. The number of amides is 1. The number of fused-ring (bicyclic) bond motifs is 1. The molecule has 0 fully saturated rings. The lowest BCUT2D eigenvalue weighted by atomic mass is 10.0. The number of aromatic nitrogens is 2. The van der Waals surface area contributed by atoms with Crippen molar-refractivity contribution < 1.29 is 14.6 Å². The Morgan fingerprint density at radius 2 is 1.69 bits per heavy atom. The molecule has 0 saturated carbocycles. The summed E-state index contributed by atoms with van der Waals surface area (Å²) in [6, 6.07) is 19.4. The molecule has 1 amide bonds.